The average Bonchev–Trinajstić information content (AvgIpc) is 2.85. The van der Waals surface area contributed by atoms with Crippen LogP contribution >= 0.6 is 0 Å². The number of aromatic hydroxyl groups is 1. The number of carbonyl (C=O) groups is 3. The number of primary amides is 1. The Morgan fingerprint density at radius 2 is 1.71 bits per heavy atom. The van der Waals surface area contributed by atoms with Crippen LogP contribution in [-0.2, 0) is 31.2 Å². The maximum atomic E-state index is 13.9. The SMILES string of the molecule is CCCCN(C)c1cc(N)c(O)c2c1CC1CC3[C@H](N(C)C)C(=O)C(C(N)=O)=C(O)[C@@]3(O)C(=O)C1=C2O.O=S(=O)(O)O. The molecule has 4 atom stereocenters. The molecule has 1 fully saturated rings. The molecular weight excluding hydrogens is 576 g/mol. The van der Waals surface area contributed by atoms with Gasteiger partial charge in [-0.1, -0.05) is 13.3 Å². The number of fused-ring (bicyclic) bond motifs is 3. The van der Waals surface area contributed by atoms with Gasteiger partial charge in [-0.3, -0.25) is 28.4 Å². The zero-order chi connectivity index (χ0) is 32.1. The molecule has 10 N–H and O–H groups in total. The van der Waals surface area contributed by atoms with E-state index >= 15 is 0 Å². The maximum Gasteiger partial charge on any atom is 0.394 e. The summed E-state index contributed by atoms with van der Waals surface area (Å²) < 4.78 is 31.6. The van der Waals surface area contributed by atoms with Crippen LogP contribution in [0.2, 0.25) is 0 Å². The lowest BCUT2D eigenvalue weighted by atomic mass is 9.57. The molecule has 232 valence electrons. The van der Waals surface area contributed by atoms with Crippen LogP contribution in [0.15, 0.2) is 23.0 Å². The Hall–Kier alpha value is -3.70. The van der Waals surface area contributed by atoms with E-state index in [0.29, 0.717) is 17.8 Å². The monoisotopic (exact) mass is 612 g/mol. The highest BCUT2D eigenvalue weighted by Gasteiger charge is 2.64. The fourth-order valence-electron chi connectivity index (χ4n) is 6.17. The number of nitrogens with two attached hydrogens (primary N) is 2. The summed E-state index contributed by atoms with van der Waals surface area (Å²) in [6.07, 6.45) is 2.11. The highest BCUT2D eigenvalue weighted by Crippen LogP contribution is 2.54. The van der Waals surface area contributed by atoms with Crippen molar-refractivity contribution in [3.8, 4) is 5.75 Å². The molecule has 1 amide bonds. The number of nitrogens with zero attached hydrogens (tertiary/aromatic N) is 2. The molecule has 3 aliphatic carbocycles. The van der Waals surface area contributed by atoms with Crippen molar-refractivity contribution in [1.29, 1.82) is 0 Å². The number of hydrogen-bond acceptors (Lipinski definition) is 12. The van der Waals surface area contributed by atoms with Crippen molar-refractivity contribution in [2.75, 3.05) is 38.3 Å². The number of nitrogen functional groups attached to an aromatic ring is 1. The molecule has 16 heteroatoms. The quantitative estimate of drug-likeness (QED) is 0.0919. The van der Waals surface area contributed by atoms with Gasteiger partial charge in [0.25, 0.3) is 5.91 Å². The van der Waals surface area contributed by atoms with Crippen molar-refractivity contribution in [2.45, 2.75) is 44.2 Å². The van der Waals surface area contributed by atoms with Gasteiger partial charge in [0.15, 0.2) is 11.4 Å². The van der Waals surface area contributed by atoms with E-state index in [1.54, 1.807) is 20.2 Å². The summed E-state index contributed by atoms with van der Waals surface area (Å²) in [5, 5.41) is 44.7. The van der Waals surface area contributed by atoms with E-state index < -0.39 is 74.2 Å². The van der Waals surface area contributed by atoms with Gasteiger partial charge < -0.3 is 36.8 Å². The molecular formula is C26H36N4O11S. The van der Waals surface area contributed by atoms with Crippen molar-refractivity contribution in [1.82, 2.24) is 4.90 Å². The average molecular weight is 613 g/mol. The molecule has 1 aromatic rings. The normalized spacial score (nSPS) is 25.4. The number of phenolic OH excluding ortho intramolecular Hbond substituents is 1. The summed E-state index contributed by atoms with van der Waals surface area (Å²) in [7, 11) is 0.336. The molecule has 0 aromatic heterocycles. The number of carbonyl (C=O) groups excluding carboxylic acids is 3. The molecule has 2 unspecified atom stereocenters. The number of Topliss-reactive ketones (excluding diaryl/α,β-unsaturated/α-hetero) is 2. The third-order valence-electron chi connectivity index (χ3n) is 7.99. The smallest absolute Gasteiger partial charge is 0.394 e. The third-order valence-corrected chi connectivity index (χ3v) is 7.99. The molecule has 4 rings (SSSR count). The minimum absolute atomic E-state index is 0.00496. The lowest BCUT2D eigenvalue weighted by Crippen LogP contribution is -2.65. The fourth-order valence-corrected chi connectivity index (χ4v) is 6.17. The summed E-state index contributed by atoms with van der Waals surface area (Å²) in [4.78, 5) is 42.6. The lowest BCUT2D eigenvalue weighted by molar-refractivity contribution is -0.153. The number of ketones is 2. The van der Waals surface area contributed by atoms with Crippen molar-refractivity contribution < 1.29 is 52.3 Å². The largest absolute Gasteiger partial charge is 0.508 e. The summed E-state index contributed by atoms with van der Waals surface area (Å²) in [5.41, 5.74) is 9.00. The van der Waals surface area contributed by atoms with Gasteiger partial charge in [0, 0.05) is 30.8 Å². The highest BCUT2D eigenvalue weighted by atomic mass is 32.3. The van der Waals surface area contributed by atoms with Crippen LogP contribution in [-0.4, -0.2) is 99.7 Å². The maximum absolute atomic E-state index is 13.9. The van der Waals surface area contributed by atoms with Crippen molar-refractivity contribution in [3.05, 3.63) is 34.1 Å². The minimum atomic E-state index is -4.67. The zero-order valence-electron chi connectivity index (χ0n) is 23.5. The van der Waals surface area contributed by atoms with Crippen LogP contribution in [0.1, 0.15) is 37.3 Å². The molecule has 3 aliphatic rings. The third kappa shape index (κ3) is 5.55. The van der Waals surface area contributed by atoms with Gasteiger partial charge in [-0.25, -0.2) is 0 Å². The number of aliphatic hydroxyl groups is 3. The van der Waals surface area contributed by atoms with Crippen LogP contribution in [0.25, 0.3) is 5.76 Å². The first-order chi connectivity index (χ1) is 19.3. The number of likely N-dealkylation sites (N-methyl/N-ethyl adjacent to an activating group) is 1. The summed E-state index contributed by atoms with van der Waals surface area (Å²) in [6, 6.07) is 0.507. The number of benzene rings is 1. The van der Waals surface area contributed by atoms with E-state index in [-0.39, 0.29) is 29.7 Å². The first-order valence-corrected chi connectivity index (χ1v) is 14.4. The molecule has 0 radical (unpaired) electrons. The van der Waals surface area contributed by atoms with Gasteiger partial charge in [-0.05, 0) is 50.9 Å². The van der Waals surface area contributed by atoms with Crippen molar-refractivity contribution >= 4 is 45.0 Å². The van der Waals surface area contributed by atoms with Crippen LogP contribution in [0.3, 0.4) is 0 Å². The van der Waals surface area contributed by atoms with E-state index in [2.05, 4.69) is 6.92 Å². The van der Waals surface area contributed by atoms with E-state index in [9.17, 15) is 34.8 Å². The van der Waals surface area contributed by atoms with Crippen LogP contribution in [0, 0.1) is 11.8 Å². The number of phenols is 1. The number of unbranched alkanes of at least 4 members (excludes halogenated alkanes) is 1. The second-order valence-corrected chi connectivity index (χ2v) is 11.8. The van der Waals surface area contributed by atoms with E-state index in [4.69, 9.17) is 29.0 Å². The van der Waals surface area contributed by atoms with Gasteiger partial charge in [-0.15, -0.1) is 0 Å². The van der Waals surface area contributed by atoms with Gasteiger partial charge in [0.05, 0.1) is 17.3 Å². The van der Waals surface area contributed by atoms with Crippen molar-refractivity contribution in [2.24, 2.45) is 17.6 Å². The predicted octanol–water partition coefficient (Wildman–Crippen LogP) is 0.130. The van der Waals surface area contributed by atoms with Crippen LogP contribution in [0.4, 0.5) is 11.4 Å². The summed E-state index contributed by atoms with van der Waals surface area (Å²) in [5.74, 6) is -6.90. The summed E-state index contributed by atoms with van der Waals surface area (Å²) in [6.45, 7) is 2.76. The standard InChI is InChI=1S/C26H34N4O7.H2O4S/c1-5-6-7-30(4)15-10-14(27)20(31)17-12(15)8-11-9-13-19(29(2)3)22(33)18(25(28)36)24(35)26(13,37)23(34)16(11)21(17)32;1-5(2,3)4/h10-11,13,19,31-32,35,37H,5-9,27H2,1-4H3,(H2,28,36);(H2,1,2,3,4)/t11?,13?,19-,26-;/m0./s1. The Morgan fingerprint density at radius 3 is 2.21 bits per heavy atom. The Kier molecular flexibility index (Phi) is 9.00. The Morgan fingerprint density at radius 1 is 1.14 bits per heavy atom. The molecule has 0 bridgehead atoms. The van der Waals surface area contributed by atoms with Crippen LogP contribution < -0.4 is 16.4 Å². The van der Waals surface area contributed by atoms with Gasteiger partial charge >= 0.3 is 10.4 Å². The minimum Gasteiger partial charge on any atom is -0.508 e. The molecule has 15 nitrogen and oxygen atoms in total. The van der Waals surface area contributed by atoms with E-state index in [1.807, 2.05) is 11.9 Å². The van der Waals surface area contributed by atoms with Gasteiger partial charge in [0.2, 0.25) is 5.78 Å². The number of aliphatic hydroxyl groups excluding tert-OH is 2. The number of hydrogen-bond donors (Lipinski definition) is 8. The summed E-state index contributed by atoms with van der Waals surface area (Å²) >= 11 is 0. The molecule has 1 aromatic carbocycles. The predicted molar refractivity (Wildman–Crippen MR) is 151 cm³/mol. The Balaban J connectivity index is 0.000000892. The fraction of sp³-hybridized carbons (Fsp3) is 0.500. The van der Waals surface area contributed by atoms with Crippen LogP contribution in [0.5, 0.6) is 5.75 Å². The topological polar surface area (TPSA) is 265 Å². The van der Waals surface area contributed by atoms with E-state index in [1.165, 1.54) is 4.90 Å². The first-order valence-electron chi connectivity index (χ1n) is 13.0. The number of amides is 1. The molecule has 1 saturated carbocycles. The first kappa shape index (κ1) is 32.8. The Bertz CT molecular complexity index is 1490. The molecule has 0 saturated heterocycles. The lowest BCUT2D eigenvalue weighted by Gasteiger charge is -2.50. The van der Waals surface area contributed by atoms with Gasteiger partial charge in [-0.2, -0.15) is 8.42 Å². The molecule has 0 heterocycles. The van der Waals surface area contributed by atoms with E-state index in [0.717, 1.165) is 12.8 Å². The number of anilines is 2. The second kappa shape index (κ2) is 11.5. The zero-order valence-corrected chi connectivity index (χ0v) is 24.3. The molecule has 0 spiro atoms. The van der Waals surface area contributed by atoms with Gasteiger partial charge in [0.1, 0.15) is 22.8 Å². The molecule has 42 heavy (non-hydrogen) atoms. The number of rotatable bonds is 6. The van der Waals surface area contributed by atoms with Crippen molar-refractivity contribution in [3.63, 3.8) is 0 Å². The Labute approximate surface area is 242 Å². The second-order valence-electron chi connectivity index (χ2n) is 10.9. The highest BCUT2D eigenvalue weighted by molar-refractivity contribution is 7.79. The molecule has 0 aliphatic heterocycles.